The van der Waals surface area contributed by atoms with Crippen LogP contribution in [0.4, 0.5) is 0 Å². The van der Waals surface area contributed by atoms with Crippen LogP contribution in [0.3, 0.4) is 0 Å². The number of Topliss-reactive ketones (excluding diaryl/α,β-unsaturated/α-hetero) is 2. The minimum atomic E-state index is -0.459. The normalized spacial score (nSPS) is 19.8. The Morgan fingerprint density at radius 3 is 2.11 bits per heavy atom. The van der Waals surface area contributed by atoms with Crippen molar-refractivity contribution in [2.75, 3.05) is 7.11 Å². The molecule has 0 spiro atoms. The van der Waals surface area contributed by atoms with E-state index < -0.39 is 11.9 Å². The number of benzene rings is 1. The van der Waals surface area contributed by atoms with Crippen LogP contribution < -0.4 is 9.47 Å². The highest BCUT2D eigenvalue weighted by atomic mass is 16.6. The van der Waals surface area contributed by atoms with Gasteiger partial charge in [-0.1, -0.05) is 6.07 Å². The van der Waals surface area contributed by atoms with Crippen LogP contribution in [0.15, 0.2) is 40.9 Å². The van der Waals surface area contributed by atoms with Crippen molar-refractivity contribution in [3.05, 3.63) is 46.4 Å². The summed E-state index contributed by atoms with van der Waals surface area (Å²) in [6, 6.07) is 5.18. The van der Waals surface area contributed by atoms with Crippen molar-refractivity contribution in [3.8, 4) is 11.5 Å². The van der Waals surface area contributed by atoms with Crippen LogP contribution in [-0.4, -0.2) is 24.6 Å². The maximum atomic E-state index is 12.8. The van der Waals surface area contributed by atoms with Gasteiger partial charge in [-0.3, -0.25) is 14.4 Å². The minimum Gasteiger partial charge on any atom is -0.493 e. The Hall–Kier alpha value is -2.89. The number of ketones is 2. The van der Waals surface area contributed by atoms with Gasteiger partial charge in [-0.15, -0.1) is 0 Å². The molecule has 0 saturated carbocycles. The Labute approximate surface area is 163 Å². The lowest BCUT2D eigenvalue weighted by molar-refractivity contribution is -0.132. The van der Waals surface area contributed by atoms with Gasteiger partial charge in [0.05, 0.1) is 7.11 Å². The highest BCUT2D eigenvalue weighted by Gasteiger charge is 2.41. The number of hydrogen-bond acceptors (Lipinski definition) is 6. The second-order valence-corrected chi connectivity index (χ2v) is 7.27. The third-order valence-electron chi connectivity index (χ3n) is 5.42. The molecule has 0 aromatic heterocycles. The van der Waals surface area contributed by atoms with Crippen molar-refractivity contribution in [2.24, 2.45) is 0 Å². The number of methoxy groups -OCH3 is 1. The zero-order valence-electron chi connectivity index (χ0n) is 16.0. The highest BCUT2D eigenvalue weighted by Crippen LogP contribution is 2.48. The number of carbonyl (C=O) groups excluding carboxylic acids is 3. The summed E-state index contributed by atoms with van der Waals surface area (Å²) in [5, 5.41) is 0. The Kier molecular flexibility index (Phi) is 4.79. The molecule has 0 atom stereocenters. The molecule has 6 heteroatoms. The van der Waals surface area contributed by atoms with Crippen molar-refractivity contribution >= 4 is 17.5 Å². The average molecular weight is 382 g/mol. The van der Waals surface area contributed by atoms with E-state index in [1.54, 1.807) is 18.2 Å². The first-order valence-electron chi connectivity index (χ1n) is 9.56. The number of carbonyl (C=O) groups is 3. The average Bonchev–Trinajstić information content (AvgIpc) is 2.67. The number of rotatable bonds is 3. The van der Waals surface area contributed by atoms with Gasteiger partial charge in [0.1, 0.15) is 11.5 Å². The van der Waals surface area contributed by atoms with Crippen LogP contribution in [0.1, 0.15) is 56.9 Å². The van der Waals surface area contributed by atoms with Crippen LogP contribution >= 0.6 is 0 Å². The lowest BCUT2D eigenvalue weighted by Gasteiger charge is -2.36. The lowest BCUT2D eigenvalue weighted by atomic mass is 9.73. The van der Waals surface area contributed by atoms with Gasteiger partial charge in [-0.25, -0.2) is 0 Å². The number of hydrogen-bond donors (Lipinski definition) is 0. The van der Waals surface area contributed by atoms with Gasteiger partial charge in [0.2, 0.25) is 0 Å². The van der Waals surface area contributed by atoms with Crippen LogP contribution in [0.2, 0.25) is 0 Å². The summed E-state index contributed by atoms with van der Waals surface area (Å²) in [5.41, 5.74) is 1.94. The lowest BCUT2D eigenvalue weighted by Crippen LogP contribution is -2.30. The molecule has 1 aliphatic heterocycles. The second kappa shape index (κ2) is 7.26. The predicted molar refractivity (Wildman–Crippen MR) is 99.9 cm³/mol. The first kappa shape index (κ1) is 18.5. The van der Waals surface area contributed by atoms with Crippen molar-refractivity contribution in [1.29, 1.82) is 0 Å². The van der Waals surface area contributed by atoms with E-state index in [1.165, 1.54) is 14.0 Å². The molecule has 2 aliphatic carbocycles. The maximum Gasteiger partial charge on any atom is 0.308 e. The van der Waals surface area contributed by atoms with E-state index in [0.29, 0.717) is 59.8 Å². The first-order chi connectivity index (χ1) is 13.5. The molecule has 146 valence electrons. The highest BCUT2D eigenvalue weighted by molar-refractivity contribution is 6.05. The van der Waals surface area contributed by atoms with E-state index in [9.17, 15) is 14.4 Å². The molecular weight excluding hydrogens is 360 g/mol. The third-order valence-corrected chi connectivity index (χ3v) is 5.42. The van der Waals surface area contributed by atoms with Gasteiger partial charge in [0, 0.05) is 49.7 Å². The largest absolute Gasteiger partial charge is 0.493 e. The summed E-state index contributed by atoms with van der Waals surface area (Å²) >= 11 is 0. The molecule has 0 fully saturated rings. The van der Waals surface area contributed by atoms with E-state index in [4.69, 9.17) is 14.2 Å². The molecule has 3 aliphatic rings. The summed E-state index contributed by atoms with van der Waals surface area (Å²) in [6.45, 7) is 1.32. The van der Waals surface area contributed by atoms with E-state index in [0.717, 1.165) is 18.4 Å². The molecule has 0 amide bonds. The smallest absolute Gasteiger partial charge is 0.308 e. The zero-order chi connectivity index (χ0) is 19.8. The number of ether oxygens (including phenoxy) is 3. The summed E-state index contributed by atoms with van der Waals surface area (Å²) < 4.78 is 16.6. The van der Waals surface area contributed by atoms with Crippen molar-refractivity contribution in [2.45, 2.75) is 51.4 Å². The van der Waals surface area contributed by atoms with E-state index in [1.807, 2.05) is 0 Å². The summed E-state index contributed by atoms with van der Waals surface area (Å²) in [4.78, 5) is 36.9. The Balaban J connectivity index is 1.86. The van der Waals surface area contributed by atoms with Crippen molar-refractivity contribution in [3.63, 3.8) is 0 Å². The molecule has 0 bridgehead atoms. The Morgan fingerprint density at radius 2 is 1.57 bits per heavy atom. The fraction of sp³-hybridized carbons (Fsp3) is 0.409. The zero-order valence-corrected chi connectivity index (χ0v) is 16.0. The predicted octanol–water partition coefficient (Wildman–Crippen LogP) is 3.75. The Bertz CT molecular complexity index is 894. The molecule has 0 radical (unpaired) electrons. The molecule has 28 heavy (non-hydrogen) atoms. The molecule has 6 nitrogen and oxygen atoms in total. The molecule has 4 rings (SSSR count). The molecule has 0 N–H and O–H groups in total. The molecular formula is C22H22O6. The molecule has 1 heterocycles. The Morgan fingerprint density at radius 1 is 0.964 bits per heavy atom. The van der Waals surface area contributed by atoms with Crippen LogP contribution in [0.5, 0.6) is 11.5 Å². The fourth-order valence-electron chi connectivity index (χ4n) is 4.25. The maximum absolute atomic E-state index is 12.8. The van der Waals surface area contributed by atoms with E-state index >= 15 is 0 Å². The topological polar surface area (TPSA) is 78.9 Å². The monoisotopic (exact) mass is 382 g/mol. The second-order valence-electron chi connectivity index (χ2n) is 7.27. The summed E-state index contributed by atoms with van der Waals surface area (Å²) in [5.74, 6) is 1.22. The van der Waals surface area contributed by atoms with Crippen LogP contribution in [-0.2, 0) is 19.1 Å². The van der Waals surface area contributed by atoms with Crippen molar-refractivity contribution in [1.82, 2.24) is 0 Å². The van der Waals surface area contributed by atoms with Crippen LogP contribution in [0, 0.1) is 0 Å². The summed E-state index contributed by atoms with van der Waals surface area (Å²) in [7, 11) is 1.49. The summed E-state index contributed by atoms with van der Waals surface area (Å²) in [6.07, 6.45) is 3.83. The number of allylic oxidation sites excluding steroid dienone is 4. The van der Waals surface area contributed by atoms with Gasteiger partial charge in [0.25, 0.3) is 0 Å². The van der Waals surface area contributed by atoms with Gasteiger partial charge in [0.15, 0.2) is 23.1 Å². The van der Waals surface area contributed by atoms with Crippen molar-refractivity contribution < 1.29 is 28.6 Å². The first-order valence-corrected chi connectivity index (χ1v) is 9.56. The molecule has 1 aromatic rings. The minimum absolute atomic E-state index is 0.0270. The molecule has 0 saturated heterocycles. The van der Waals surface area contributed by atoms with Gasteiger partial charge >= 0.3 is 5.97 Å². The number of esters is 1. The molecule has 1 aromatic carbocycles. The SMILES string of the molecule is COc1cc(C2C3=C(CCCC3=O)OC3=C2C(=O)CCC3)ccc1OC(C)=O. The standard InChI is InChI=1S/C22H22O6/c1-12(23)27-16-10-9-13(11-19(16)26-2)20-21-14(24)5-3-7-17(21)28-18-8-4-6-15(25)22(18)20/h9-11,20H,3-8H2,1-2H3. The van der Waals surface area contributed by atoms with E-state index in [-0.39, 0.29) is 11.6 Å². The molecule has 0 unspecified atom stereocenters. The van der Waals surface area contributed by atoms with Gasteiger partial charge < -0.3 is 14.2 Å². The van der Waals surface area contributed by atoms with E-state index in [2.05, 4.69) is 0 Å². The van der Waals surface area contributed by atoms with Gasteiger partial charge in [-0.2, -0.15) is 0 Å². The third kappa shape index (κ3) is 3.13. The van der Waals surface area contributed by atoms with Crippen LogP contribution in [0.25, 0.3) is 0 Å². The quantitative estimate of drug-likeness (QED) is 0.585. The fourth-order valence-corrected chi connectivity index (χ4v) is 4.25. The van der Waals surface area contributed by atoms with Gasteiger partial charge in [-0.05, 0) is 30.5 Å².